The van der Waals surface area contributed by atoms with Crippen molar-refractivity contribution in [3.05, 3.63) is 29.5 Å². The zero-order valence-corrected chi connectivity index (χ0v) is 20.5. The van der Waals surface area contributed by atoms with Crippen LogP contribution in [0.3, 0.4) is 0 Å². The number of hydrogen-bond acceptors (Lipinski definition) is 8. The molecule has 3 rings (SSSR count). The van der Waals surface area contributed by atoms with Crippen LogP contribution >= 0.6 is 23.1 Å². The zero-order chi connectivity index (χ0) is 23.5. The Labute approximate surface area is 195 Å². The fourth-order valence-electron chi connectivity index (χ4n) is 3.45. The Kier molecular flexibility index (Phi) is 7.80. The smallest absolute Gasteiger partial charge is 0.257 e. The maximum Gasteiger partial charge on any atom is 0.257 e. The van der Waals surface area contributed by atoms with Crippen molar-refractivity contribution in [3.8, 4) is 5.75 Å². The number of anilines is 1. The molecule has 1 atom stereocenters. The van der Waals surface area contributed by atoms with Gasteiger partial charge in [-0.2, -0.15) is 4.31 Å². The van der Waals surface area contributed by atoms with E-state index in [0.29, 0.717) is 17.4 Å². The highest BCUT2D eigenvalue weighted by Crippen LogP contribution is 2.34. The number of benzene rings is 1. The highest BCUT2D eigenvalue weighted by atomic mass is 32.2. The van der Waals surface area contributed by atoms with Gasteiger partial charge >= 0.3 is 0 Å². The average Bonchev–Trinajstić information content (AvgIpc) is 3.10. The summed E-state index contributed by atoms with van der Waals surface area (Å²) in [6, 6.07) is 4.22. The number of nitrogens with zero attached hydrogens (tertiary/aromatic N) is 2. The van der Waals surface area contributed by atoms with Gasteiger partial charge in [-0.25, -0.2) is 13.4 Å². The lowest BCUT2D eigenvalue weighted by atomic mass is 10.1. The van der Waals surface area contributed by atoms with E-state index in [2.05, 4.69) is 10.3 Å². The molecule has 1 fully saturated rings. The summed E-state index contributed by atoms with van der Waals surface area (Å²) in [6.45, 7) is 4.10. The number of sulfonamides is 1. The maximum absolute atomic E-state index is 13.3. The van der Waals surface area contributed by atoms with Crippen molar-refractivity contribution in [1.82, 2.24) is 9.29 Å². The molecule has 1 aromatic heterocycles. The number of thioether (sulfide) groups is 1. The lowest BCUT2D eigenvalue weighted by molar-refractivity contribution is -0.115. The van der Waals surface area contributed by atoms with E-state index in [4.69, 9.17) is 10.5 Å². The number of hydrogen-bond donors (Lipinski definition) is 2. The second-order valence-electron chi connectivity index (χ2n) is 7.43. The first-order valence-corrected chi connectivity index (χ1v) is 13.3. The molecular weight excluding hydrogens is 472 g/mol. The molecule has 1 aliphatic heterocycles. The number of carbonyl (C=O) groups excluding carboxylic acids is 2. The third-order valence-corrected chi connectivity index (χ3v) is 9.57. The zero-order valence-electron chi connectivity index (χ0n) is 18.1. The Balaban J connectivity index is 1.85. The summed E-state index contributed by atoms with van der Waals surface area (Å²) >= 11 is 2.48. The molecule has 1 saturated heterocycles. The standard InChI is InChI=1S/C20H26N4O5S3/c1-12-6-4-5-9-24(12)32(27,28)16-10-14(7-8-15(16)29-3)18(26)23-20-22-13(2)19(31-20)30-11-17(21)25/h7-8,10,12H,4-6,9,11H2,1-3H3,(H2,21,25)(H,22,23,26). The van der Waals surface area contributed by atoms with Crippen molar-refractivity contribution < 1.29 is 22.7 Å². The summed E-state index contributed by atoms with van der Waals surface area (Å²) in [4.78, 5) is 28.1. The quantitative estimate of drug-likeness (QED) is 0.535. The predicted molar refractivity (Wildman–Crippen MR) is 125 cm³/mol. The SMILES string of the molecule is COc1ccc(C(=O)Nc2nc(C)c(SCC(N)=O)s2)cc1S(=O)(=O)N1CCCCC1C. The molecule has 1 unspecified atom stereocenters. The molecule has 0 saturated carbocycles. The van der Waals surface area contributed by atoms with Crippen LogP contribution in [0.4, 0.5) is 5.13 Å². The molecule has 2 heterocycles. The highest BCUT2D eigenvalue weighted by molar-refractivity contribution is 8.01. The average molecular weight is 499 g/mol. The van der Waals surface area contributed by atoms with Crippen LogP contribution < -0.4 is 15.8 Å². The number of aryl methyl sites for hydroxylation is 1. The van der Waals surface area contributed by atoms with Crippen LogP contribution in [-0.4, -0.2) is 55.0 Å². The number of nitrogens with two attached hydrogens (primary N) is 1. The Morgan fingerprint density at radius 3 is 2.78 bits per heavy atom. The van der Waals surface area contributed by atoms with E-state index in [1.165, 1.54) is 52.7 Å². The minimum absolute atomic E-state index is 0.0329. The molecule has 0 aliphatic carbocycles. The van der Waals surface area contributed by atoms with Crippen LogP contribution in [0, 0.1) is 6.92 Å². The Hall–Kier alpha value is -2.15. The predicted octanol–water partition coefficient (Wildman–Crippen LogP) is 2.85. The Morgan fingerprint density at radius 2 is 2.12 bits per heavy atom. The molecule has 0 radical (unpaired) electrons. The molecule has 2 amide bonds. The van der Waals surface area contributed by atoms with Crippen LogP contribution in [0.1, 0.15) is 42.2 Å². The van der Waals surface area contributed by atoms with E-state index >= 15 is 0 Å². The van der Waals surface area contributed by atoms with Crippen molar-refractivity contribution in [1.29, 1.82) is 0 Å². The topological polar surface area (TPSA) is 132 Å². The van der Waals surface area contributed by atoms with Gasteiger partial charge in [0.15, 0.2) is 5.13 Å². The summed E-state index contributed by atoms with van der Waals surface area (Å²) in [5.74, 6) is -0.626. The third kappa shape index (κ3) is 5.42. The van der Waals surface area contributed by atoms with Gasteiger partial charge in [-0.1, -0.05) is 17.8 Å². The Bertz CT molecular complexity index is 1120. The number of piperidine rings is 1. The van der Waals surface area contributed by atoms with Gasteiger partial charge in [-0.05, 0) is 44.9 Å². The number of rotatable bonds is 8. The second-order valence-corrected chi connectivity index (χ2v) is 11.5. The number of thiazole rings is 1. The first kappa shape index (κ1) is 24.5. The number of carbonyl (C=O) groups is 2. The molecule has 12 heteroatoms. The minimum atomic E-state index is -3.83. The van der Waals surface area contributed by atoms with Gasteiger partial charge in [-0.15, -0.1) is 11.8 Å². The Morgan fingerprint density at radius 1 is 1.38 bits per heavy atom. The van der Waals surface area contributed by atoms with Crippen molar-refractivity contribution in [2.24, 2.45) is 5.73 Å². The normalized spacial score (nSPS) is 17.2. The number of primary amides is 1. The van der Waals surface area contributed by atoms with Crippen LogP contribution in [0.2, 0.25) is 0 Å². The number of methoxy groups -OCH3 is 1. The molecule has 0 spiro atoms. The van der Waals surface area contributed by atoms with Crippen molar-refractivity contribution in [3.63, 3.8) is 0 Å². The fraction of sp³-hybridized carbons (Fsp3) is 0.450. The first-order valence-electron chi connectivity index (χ1n) is 10.0. The number of nitrogens with one attached hydrogen (secondary N) is 1. The van der Waals surface area contributed by atoms with Crippen molar-refractivity contribution in [2.45, 2.75) is 48.3 Å². The van der Waals surface area contributed by atoms with Gasteiger partial charge < -0.3 is 10.5 Å². The van der Waals surface area contributed by atoms with Crippen LogP contribution in [0.25, 0.3) is 0 Å². The minimum Gasteiger partial charge on any atom is -0.495 e. The van der Waals surface area contributed by atoms with Gasteiger partial charge in [0.05, 0.1) is 22.8 Å². The van der Waals surface area contributed by atoms with E-state index in [0.717, 1.165) is 23.5 Å². The van der Waals surface area contributed by atoms with Crippen molar-refractivity contribution >= 4 is 50.1 Å². The van der Waals surface area contributed by atoms with Crippen LogP contribution in [0.5, 0.6) is 5.75 Å². The molecule has 32 heavy (non-hydrogen) atoms. The fourth-order valence-corrected chi connectivity index (χ4v) is 7.21. The van der Waals surface area contributed by atoms with Gasteiger partial charge in [0.25, 0.3) is 5.91 Å². The summed E-state index contributed by atoms with van der Waals surface area (Å²) < 4.78 is 34.2. The highest BCUT2D eigenvalue weighted by Gasteiger charge is 2.33. The summed E-state index contributed by atoms with van der Waals surface area (Å²) in [7, 11) is -2.43. The second kappa shape index (κ2) is 10.2. The molecule has 1 aromatic carbocycles. The number of amides is 2. The monoisotopic (exact) mass is 498 g/mol. The molecule has 174 valence electrons. The van der Waals surface area contributed by atoms with E-state index in [1.807, 2.05) is 6.92 Å². The molecular formula is C20H26N4O5S3. The van der Waals surface area contributed by atoms with Gasteiger partial charge in [0.1, 0.15) is 10.6 Å². The van der Waals surface area contributed by atoms with Crippen LogP contribution in [-0.2, 0) is 14.8 Å². The number of aromatic nitrogens is 1. The summed E-state index contributed by atoms with van der Waals surface area (Å²) in [6.07, 6.45) is 2.58. The van der Waals surface area contributed by atoms with E-state index in [1.54, 1.807) is 6.92 Å². The van der Waals surface area contributed by atoms with Gasteiger partial charge in [0, 0.05) is 18.2 Å². The van der Waals surface area contributed by atoms with E-state index in [9.17, 15) is 18.0 Å². The molecule has 0 bridgehead atoms. The molecule has 9 nitrogen and oxygen atoms in total. The van der Waals surface area contributed by atoms with Gasteiger partial charge in [0.2, 0.25) is 15.9 Å². The van der Waals surface area contributed by atoms with Crippen LogP contribution in [0.15, 0.2) is 27.3 Å². The van der Waals surface area contributed by atoms with E-state index in [-0.39, 0.29) is 28.0 Å². The molecule has 2 aromatic rings. The summed E-state index contributed by atoms with van der Waals surface area (Å²) in [5, 5.41) is 3.05. The van der Waals surface area contributed by atoms with E-state index < -0.39 is 21.8 Å². The lowest BCUT2D eigenvalue weighted by Gasteiger charge is -2.32. The summed E-state index contributed by atoms with van der Waals surface area (Å²) in [5.41, 5.74) is 6.03. The largest absolute Gasteiger partial charge is 0.495 e. The lowest BCUT2D eigenvalue weighted by Crippen LogP contribution is -2.42. The number of ether oxygens (including phenoxy) is 1. The maximum atomic E-state index is 13.3. The third-order valence-electron chi connectivity index (χ3n) is 5.07. The molecule has 1 aliphatic rings. The molecule has 3 N–H and O–H groups in total. The van der Waals surface area contributed by atoms with Crippen molar-refractivity contribution in [2.75, 3.05) is 24.7 Å². The van der Waals surface area contributed by atoms with Gasteiger partial charge in [-0.3, -0.25) is 14.9 Å². The first-order chi connectivity index (χ1) is 15.1.